The molecule has 0 radical (unpaired) electrons. The van der Waals surface area contributed by atoms with E-state index in [2.05, 4.69) is 22.3 Å². The Kier molecular flexibility index (Phi) is 3.93. The predicted molar refractivity (Wildman–Crippen MR) is 74.1 cm³/mol. The molecule has 1 N–H and O–H groups in total. The Bertz CT molecular complexity index is 334. The van der Waals surface area contributed by atoms with E-state index in [1.807, 2.05) is 0 Å². The van der Waals surface area contributed by atoms with Crippen LogP contribution >= 0.6 is 0 Å². The molecule has 0 amide bonds. The lowest BCUT2D eigenvalue weighted by Gasteiger charge is -2.34. The Balaban J connectivity index is 1.56. The largest absolute Gasteiger partial charge is 0.470 e. The molecule has 3 aliphatic rings. The van der Waals surface area contributed by atoms with Gasteiger partial charge in [0, 0.05) is 13.1 Å². The quantitative estimate of drug-likeness (QED) is 0.834. The van der Waals surface area contributed by atoms with Gasteiger partial charge in [0.25, 0.3) is 0 Å². The molecule has 3 rings (SSSR count). The van der Waals surface area contributed by atoms with Gasteiger partial charge in [-0.1, -0.05) is 11.6 Å². The van der Waals surface area contributed by atoms with E-state index in [9.17, 15) is 0 Å². The molecule has 108 valence electrons. The van der Waals surface area contributed by atoms with Gasteiger partial charge in [-0.25, -0.2) is 0 Å². The van der Waals surface area contributed by atoms with E-state index >= 15 is 0 Å². The van der Waals surface area contributed by atoms with E-state index in [-0.39, 0.29) is 11.5 Å². The van der Waals surface area contributed by atoms with Gasteiger partial charge < -0.3 is 14.9 Å². The molecule has 0 aromatic carbocycles. The minimum absolute atomic E-state index is 0.0145. The smallest absolute Gasteiger partial charge is 0.233 e. The number of hydrogen-bond donors (Lipinski definition) is 1. The summed E-state index contributed by atoms with van der Waals surface area (Å²) in [5.74, 6) is 0.797. The highest BCUT2D eigenvalue weighted by atomic mass is 16.7. The summed E-state index contributed by atoms with van der Waals surface area (Å²) in [6.45, 7) is 8.14. The van der Waals surface area contributed by atoms with Gasteiger partial charge in [-0.15, -0.1) is 0 Å². The van der Waals surface area contributed by atoms with Crippen molar-refractivity contribution in [2.24, 2.45) is 10.6 Å². The summed E-state index contributed by atoms with van der Waals surface area (Å²) in [5, 5.41) is 7.54. The van der Waals surface area contributed by atoms with Crippen molar-refractivity contribution < 1.29 is 9.57 Å². The van der Waals surface area contributed by atoms with Crippen LogP contribution in [-0.2, 0) is 9.57 Å². The first-order valence-electron chi connectivity index (χ1n) is 7.56. The van der Waals surface area contributed by atoms with Crippen LogP contribution in [0.25, 0.3) is 0 Å². The Morgan fingerprint density at radius 2 is 2.21 bits per heavy atom. The summed E-state index contributed by atoms with van der Waals surface area (Å²) in [6, 6.07) is 0. The Labute approximate surface area is 115 Å². The van der Waals surface area contributed by atoms with Crippen molar-refractivity contribution in [3.05, 3.63) is 0 Å². The standard InChI is InChI=1S/C14H25N3O2/c1-14(5-6-15-11-14)13-16-18-10-12(19-13)9-17-7-3-2-4-8-17/h12,15H,2-11H2,1H3. The summed E-state index contributed by atoms with van der Waals surface area (Å²) >= 11 is 0. The number of hydrogen-bond acceptors (Lipinski definition) is 5. The van der Waals surface area contributed by atoms with Crippen molar-refractivity contribution in [3.63, 3.8) is 0 Å². The van der Waals surface area contributed by atoms with Crippen LogP contribution in [0, 0.1) is 5.41 Å². The normalized spacial score (nSPS) is 36.5. The van der Waals surface area contributed by atoms with Crippen LogP contribution in [0.1, 0.15) is 32.6 Å². The van der Waals surface area contributed by atoms with E-state index in [0.29, 0.717) is 6.61 Å². The van der Waals surface area contributed by atoms with E-state index < -0.39 is 0 Å². The van der Waals surface area contributed by atoms with Crippen molar-refractivity contribution >= 4 is 5.90 Å². The van der Waals surface area contributed by atoms with Crippen molar-refractivity contribution in [2.45, 2.75) is 38.7 Å². The predicted octanol–water partition coefficient (Wildman–Crippen LogP) is 1.20. The maximum Gasteiger partial charge on any atom is 0.233 e. The lowest BCUT2D eigenvalue weighted by atomic mass is 9.89. The average Bonchev–Trinajstić information content (AvgIpc) is 2.89. The van der Waals surface area contributed by atoms with E-state index in [1.54, 1.807) is 0 Å². The van der Waals surface area contributed by atoms with Crippen LogP contribution in [0.15, 0.2) is 5.16 Å². The highest BCUT2D eigenvalue weighted by Crippen LogP contribution is 2.29. The summed E-state index contributed by atoms with van der Waals surface area (Å²) < 4.78 is 6.12. The highest BCUT2D eigenvalue weighted by molar-refractivity contribution is 5.83. The number of likely N-dealkylation sites (tertiary alicyclic amines) is 1. The van der Waals surface area contributed by atoms with Gasteiger partial charge in [-0.3, -0.25) is 4.90 Å². The zero-order valence-corrected chi connectivity index (χ0v) is 11.9. The van der Waals surface area contributed by atoms with Gasteiger partial charge in [-0.05, 0) is 45.8 Å². The Morgan fingerprint density at radius 1 is 1.37 bits per heavy atom. The molecule has 5 nitrogen and oxygen atoms in total. The minimum Gasteiger partial charge on any atom is -0.470 e. The van der Waals surface area contributed by atoms with E-state index in [1.165, 1.54) is 32.4 Å². The molecule has 2 atom stereocenters. The molecule has 3 aliphatic heterocycles. The first kappa shape index (κ1) is 13.2. The molecule has 0 spiro atoms. The van der Waals surface area contributed by atoms with Crippen LogP contribution in [0.3, 0.4) is 0 Å². The monoisotopic (exact) mass is 267 g/mol. The summed E-state index contributed by atoms with van der Waals surface area (Å²) in [5.41, 5.74) is 0.0145. The van der Waals surface area contributed by atoms with Gasteiger partial charge in [0.15, 0.2) is 6.61 Å². The first-order chi connectivity index (χ1) is 9.26. The number of oxime groups is 1. The van der Waals surface area contributed by atoms with Crippen molar-refractivity contribution in [3.8, 4) is 0 Å². The van der Waals surface area contributed by atoms with E-state index in [0.717, 1.165) is 32.0 Å². The molecule has 2 saturated heterocycles. The fourth-order valence-electron chi connectivity index (χ4n) is 3.16. The molecule has 19 heavy (non-hydrogen) atoms. The molecule has 2 fully saturated rings. The molecule has 5 heteroatoms. The molecule has 0 aromatic rings. The highest BCUT2D eigenvalue weighted by Gasteiger charge is 2.39. The third-order valence-electron chi connectivity index (χ3n) is 4.48. The van der Waals surface area contributed by atoms with Gasteiger partial charge in [-0.2, -0.15) is 0 Å². The molecule has 3 heterocycles. The Hall–Kier alpha value is -0.810. The van der Waals surface area contributed by atoms with Crippen LogP contribution < -0.4 is 5.32 Å². The van der Waals surface area contributed by atoms with Gasteiger partial charge in [0.2, 0.25) is 5.90 Å². The topological polar surface area (TPSA) is 46.1 Å². The van der Waals surface area contributed by atoms with E-state index in [4.69, 9.17) is 9.57 Å². The lowest BCUT2D eigenvalue weighted by Crippen LogP contribution is -2.45. The molecular formula is C14H25N3O2. The second kappa shape index (κ2) is 5.67. The van der Waals surface area contributed by atoms with Gasteiger partial charge >= 0.3 is 0 Å². The molecule has 0 aromatic heterocycles. The SMILES string of the molecule is CC1(C2=NOCC(CN3CCCCC3)O2)CCNC1. The number of nitrogens with zero attached hydrogens (tertiary/aromatic N) is 2. The van der Waals surface area contributed by atoms with Gasteiger partial charge in [0.1, 0.15) is 6.10 Å². The Morgan fingerprint density at radius 3 is 2.95 bits per heavy atom. The second-order valence-electron chi connectivity index (χ2n) is 6.28. The van der Waals surface area contributed by atoms with Crippen LogP contribution in [-0.4, -0.2) is 56.2 Å². The summed E-state index contributed by atoms with van der Waals surface area (Å²) in [4.78, 5) is 7.92. The average molecular weight is 267 g/mol. The zero-order valence-electron chi connectivity index (χ0n) is 11.9. The molecule has 0 saturated carbocycles. The van der Waals surface area contributed by atoms with Crippen LogP contribution in [0.2, 0.25) is 0 Å². The second-order valence-corrected chi connectivity index (χ2v) is 6.28. The first-order valence-corrected chi connectivity index (χ1v) is 7.56. The zero-order chi connectivity index (χ0) is 13.1. The maximum absolute atomic E-state index is 6.12. The molecule has 2 unspecified atom stereocenters. The number of nitrogens with one attached hydrogen (secondary N) is 1. The van der Waals surface area contributed by atoms with Gasteiger partial charge in [0.05, 0.1) is 5.41 Å². The number of rotatable bonds is 3. The van der Waals surface area contributed by atoms with Crippen LogP contribution in [0.4, 0.5) is 0 Å². The summed E-state index contributed by atoms with van der Waals surface area (Å²) in [7, 11) is 0. The van der Waals surface area contributed by atoms with Crippen molar-refractivity contribution in [1.82, 2.24) is 10.2 Å². The summed E-state index contributed by atoms with van der Waals surface area (Å²) in [6.07, 6.45) is 5.22. The lowest BCUT2D eigenvalue weighted by molar-refractivity contribution is -0.0196. The maximum atomic E-state index is 6.12. The third kappa shape index (κ3) is 3.03. The molecule has 0 bridgehead atoms. The fraction of sp³-hybridized carbons (Fsp3) is 0.929. The third-order valence-corrected chi connectivity index (χ3v) is 4.48. The van der Waals surface area contributed by atoms with Crippen molar-refractivity contribution in [1.29, 1.82) is 0 Å². The van der Waals surface area contributed by atoms with Crippen LogP contribution in [0.5, 0.6) is 0 Å². The fourth-order valence-corrected chi connectivity index (χ4v) is 3.16. The van der Waals surface area contributed by atoms with Crippen molar-refractivity contribution in [2.75, 3.05) is 39.3 Å². The number of ether oxygens (including phenoxy) is 1. The molecule has 0 aliphatic carbocycles. The minimum atomic E-state index is 0.0145. The number of piperidine rings is 1. The molecular weight excluding hydrogens is 242 g/mol.